The highest BCUT2D eigenvalue weighted by atomic mass is 32.1. The molecule has 0 bridgehead atoms. The second-order valence-electron chi connectivity index (χ2n) is 5.40. The van der Waals surface area contributed by atoms with Crippen LogP contribution in [-0.2, 0) is 24.0 Å². The van der Waals surface area contributed by atoms with Gasteiger partial charge in [-0.15, -0.1) is 0 Å². The maximum absolute atomic E-state index is 12.1. The molecule has 0 aromatic heterocycles. The number of hydrogen-bond donors (Lipinski definition) is 7. The summed E-state index contributed by atoms with van der Waals surface area (Å²) in [5.74, 6) is -5.12. The molecule has 0 spiro atoms. The molecule has 26 heavy (non-hydrogen) atoms. The van der Waals surface area contributed by atoms with Gasteiger partial charge < -0.3 is 31.9 Å². The van der Waals surface area contributed by atoms with Crippen LogP contribution >= 0.6 is 12.6 Å². The lowest BCUT2D eigenvalue weighted by molar-refractivity contribution is -0.143. The third kappa shape index (κ3) is 9.22. The molecule has 7 N–H and O–H groups in total. The molecule has 0 saturated heterocycles. The van der Waals surface area contributed by atoms with Crippen molar-refractivity contribution in [2.75, 3.05) is 12.3 Å². The number of nitrogens with one attached hydrogen (secondary N) is 3. The molecule has 0 fully saturated rings. The molecule has 0 heterocycles. The van der Waals surface area contributed by atoms with Crippen molar-refractivity contribution in [3.63, 3.8) is 0 Å². The molecule has 3 amide bonds. The van der Waals surface area contributed by atoms with Crippen molar-refractivity contribution in [3.8, 4) is 0 Å². The molecule has 0 saturated carbocycles. The molecule has 0 aliphatic rings. The zero-order valence-electron chi connectivity index (χ0n) is 14.2. The van der Waals surface area contributed by atoms with E-state index in [-0.39, 0.29) is 24.6 Å². The lowest BCUT2D eigenvalue weighted by Gasteiger charge is -2.21. The number of rotatable bonds is 12. The van der Waals surface area contributed by atoms with Crippen LogP contribution < -0.4 is 21.7 Å². The average Bonchev–Trinajstić information content (AvgIpc) is 2.56. The summed E-state index contributed by atoms with van der Waals surface area (Å²) in [5, 5.41) is 24.4. The Labute approximate surface area is 155 Å². The standard InChI is InChI=1S/C14H24N4O7S/c1-2-3-10(19)16-5-7(15)12(22)17-8(4-11(20)21)13(23)18-9(6-26)14(24)25/h7-9,26H,2-6,15H2,1H3,(H,16,19)(H,17,22)(H,18,23)(H,20,21)(H,24,25)/t7?,8-,9-/m0/s1. The van der Waals surface area contributed by atoms with Crippen LogP contribution in [0.5, 0.6) is 0 Å². The highest BCUT2D eigenvalue weighted by Gasteiger charge is 2.29. The van der Waals surface area contributed by atoms with E-state index < -0.39 is 48.3 Å². The molecule has 0 aliphatic heterocycles. The molecule has 0 rings (SSSR count). The fraction of sp³-hybridized carbons (Fsp3) is 0.643. The van der Waals surface area contributed by atoms with Gasteiger partial charge in [-0.2, -0.15) is 12.6 Å². The van der Waals surface area contributed by atoms with Crippen LogP contribution in [0.2, 0.25) is 0 Å². The van der Waals surface area contributed by atoms with Crippen LogP contribution in [0, 0.1) is 0 Å². The van der Waals surface area contributed by atoms with Gasteiger partial charge in [0.1, 0.15) is 18.1 Å². The number of carbonyl (C=O) groups excluding carboxylic acids is 3. The Hall–Kier alpha value is -2.34. The number of carboxylic acid groups (broad SMARTS) is 2. The third-order valence-corrected chi connectivity index (χ3v) is 3.51. The second-order valence-corrected chi connectivity index (χ2v) is 5.77. The molecular weight excluding hydrogens is 368 g/mol. The molecule has 12 heteroatoms. The van der Waals surface area contributed by atoms with E-state index in [1.807, 2.05) is 0 Å². The van der Waals surface area contributed by atoms with E-state index in [2.05, 4.69) is 28.6 Å². The van der Waals surface area contributed by atoms with Crippen LogP contribution in [0.25, 0.3) is 0 Å². The maximum Gasteiger partial charge on any atom is 0.327 e. The Bertz CT molecular complexity index is 543. The molecule has 1 unspecified atom stereocenters. The molecule has 3 atom stereocenters. The molecular formula is C14H24N4O7S. The first-order valence-electron chi connectivity index (χ1n) is 7.80. The van der Waals surface area contributed by atoms with Gasteiger partial charge in [-0.1, -0.05) is 6.92 Å². The van der Waals surface area contributed by atoms with Crippen molar-refractivity contribution in [1.82, 2.24) is 16.0 Å². The average molecular weight is 392 g/mol. The Morgan fingerprint density at radius 1 is 1.04 bits per heavy atom. The number of carboxylic acids is 2. The predicted octanol–water partition coefficient (Wildman–Crippen LogP) is -2.31. The zero-order chi connectivity index (χ0) is 20.3. The summed E-state index contributed by atoms with van der Waals surface area (Å²) in [6, 6.07) is -4.08. The minimum atomic E-state index is -1.53. The van der Waals surface area contributed by atoms with Crippen molar-refractivity contribution >= 4 is 42.3 Å². The van der Waals surface area contributed by atoms with E-state index >= 15 is 0 Å². The smallest absolute Gasteiger partial charge is 0.327 e. The first-order chi connectivity index (χ1) is 12.1. The van der Waals surface area contributed by atoms with Crippen molar-refractivity contribution < 1.29 is 34.2 Å². The summed E-state index contributed by atoms with van der Waals surface area (Å²) in [7, 11) is 0. The minimum absolute atomic E-state index is 0.194. The number of aliphatic carboxylic acids is 2. The fourth-order valence-electron chi connectivity index (χ4n) is 1.75. The van der Waals surface area contributed by atoms with Crippen molar-refractivity contribution in [2.45, 2.75) is 44.3 Å². The SMILES string of the molecule is CCCC(=O)NCC(N)C(=O)N[C@@H](CC(=O)O)C(=O)N[C@@H](CS)C(=O)O. The largest absolute Gasteiger partial charge is 0.481 e. The number of thiol groups is 1. The summed E-state index contributed by atoms with van der Waals surface area (Å²) < 4.78 is 0. The van der Waals surface area contributed by atoms with Gasteiger partial charge in [-0.05, 0) is 6.42 Å². The highest BCUT2D eigenvalue weighted by molar-refractivity contribution is 7.80. The van der Waals surface area contributed by atoms with Crippen molar-refractivity contribution in [1.29, 1.82) is 0 Å². The van der Waals surface area contributed by atoms with E-state index in [0.29, 0.717) is 6.42 Å². The molecule has 0 aromatic rings. The summed E-state index contributed by atoms with van der Waals surface area (Å²) in [5.41, 5.74) is 5.60. The van der Waals surface area contributed by atoms with Crippen molar-refractivity contribution in [2.24, 2.45) is 5.73 Å². The van der Waals surface area contributed by atoms with Gasteiger partial charge >= 0.3 is 11.9 Å². The third-order valence-electron chi connectivity index (χ3n) is 3.14. The lowest BCUT2D eigenvalue weighted by atomic mass is 10.1. The topological polar surface area (TPSA) is 188 Å². The Balaban J connectivity index is 4.84. The van der Waals surface area contributed by atoms with E-state index in [1.54, 1.807) is 6.92 Å². The van der Waals surface area contributed by atoms with Crippen LogP contribution in [0.3, 0.4) is 0 Å². The normalized spacial score (nSPS) is 13.8. The minimum Gasteiger partial charge on any atom is -0.481 e. The summed E-state index contributed by atoms with van der Waals surface area (Å²) in [6.45, 7) is 1.61. The highest BCUT2D eigenvalue weighted by Crippen LogP contribution is 1.98. The van der Waals surface area contributed by atoms with Gasteiger partial charge in [0.2, 0.25) is 17.7 Å². The van der Waals surface area contributed by atoms with E-state index in [1.165, 1.54) is 0 Å². The first kappa shape index (κ1) is 23.7. The quantitative estimate of drug-likeness (QED) is 0.180. The Morgan fingerprint density at radius 3 is 2.08 bits per heavy atom. The van der Waals surface area contributed by atoms with Gasteiger partial charge in [0, 0.05) is 18.7 Å². The van der Waals surface area contributed by atoms with Crippen LogP contribution in [0.1, 0.15) is 26.2 Å². The summed E-state index contributed by atoms with van der Waals surface area (Å²) >= 11 is 3.78. The van der Waals surface area contributed by atoms with Gasteiger partial charge in [0.25, 0.3) is 0 Å². The van der Waals surface area contributed by atoms with Crippen LogP contribution in [0.4, 0.5) is 0 Å². The number of hydrogen-bond acceptors (Lipinski definition) is 7. The fourth-order valence-corrected chi connectivity index (χ4v) is 2.00. The molecule has 0 aliphatic carbocycles. The van der Waals surface area contributed by atoms with E-state index in [9.17, 15) is 24.0 Å². The number of amides is 3. The van der Waals surface area contributed by atoms with Gasteiger partial charge in [-0.3, -0.25) is 19.2 Å². The maximum atomic E-state index is 12.1. The Morgan fingerprint density at radius 2 is 1.62 bits per heavy atom. The first-order valence-corrected chi connectivity index (χ1v) is 8.44. The van der Waals surface area contributed by atoms with Crippen molar-refractivity contribution in [3.05, 3.63) is 0 Å². The van der Waals surface area contributed by atoms with Crippen LogP contribution in [0.15, 0.2) is 0 Å². The van der Waals surface area contributed by atoms with Crippen LogP contribution in [-0.4, -0.2) is 70.3 Å². The molecule has 0 aromatic carbocycles. The molecule has 11 nitrogen and oxygen atoms in total. The molecule has 148 valence electrons. The predicted molar refractivity (Wildman–Crippen MR) is 93.5 cm³/mol. The van der Waals surface area contributed by atoms with Gasteiger partial charge in [-0.25, -0.2) is 4.79 Å². The summed E-state index contributed by atoms with van der Waals surface area (Å²) in [6.07, 6.45) is 0.105. The number of carbonyl (C=O) groups is 5. The van der Waals surface area contributed by atoms with E-state index in [4.69, 9.17) is 15.9 Å². The van der Waals surface area contributed by atoms with E-state index in [0.717, 1.165) is 0 Å². The summed E-state index contributed by atoms with van der Waals surface area (Å²) in [4.78, 5) is 57.2. The monoisotopic (exact) mass is 392 g/mol. The molecule has 0 radical (unpaired) electrons. The Kier molecular flexibility index (Phi) is 11.0. The second kappa shape index (κ2) is 12.1. The zero-order valence-corrected chi connectivity index (χ0v) is 15.1. The lowest BCUT2D eigenvalue weighted by Crippen LogP contribution is -2.57. The van der Waals surface area contributed by atoms with Gasteiger partial charge in [0.05, 0.1) is 6.42 Å². The number of nitrogens with two attached hydrogens (primary N) is 1. The van der Waals surface area contributed by atoms with Gasteiger partial charge in [0.15, 0.2) is 0 Å².